The number of pyridine rings is 2. The van der Waals surface area contributed by atoms with Crippen LogP contribution in [0.4, 0.5) is 23.4 Å². The second-order valence-corrected chi connectivity index (χ2v) is 13.1. The third kappa shape index (κ3) is 5.68. The molecule has 0 aliphatic carbocycles. The molecule has 17 heteroatoms. The summed E-state index contributed by atoms with van der Waals surface area (Å²) in [6.07, 6.45) is 2.28. The van der Waals surface area contributed by atoms with E-state index in [1.165, 1.54) is 24.3 Å². The van der Waals surface area contributed by atoms with Crippen molar-refractivity contribution >= 4 is 43.0 Å². The van der Waals surface area contributed by atoms with Crippen molar-refractivity contribution < 1.29 is 48.1 Å². The van der Waals surface area contributed by atoms with Crippen molar-refractivity contribution in [2.75, 3.05) is 18.1 Å². The number of carbonyl (C=O) groups excluding carboxylic acids is 1. The van der Waals surface area contributed by atoms with Crippen LogP contribution < -0.4 is 9.08 Å². The van der Waals surface area contributed by atoms with Gasteiger partial charge >= 0.3 is 21.6 Å². The number of esters is 1. The van der Waals surface area contributed by atoms with Crippen LogP contribution >= 0.6 is 0 Å². The second kappa shape index (κ2) is 11.4. The van der Waals surface area contributed by atoms with Gasteiger partial charge in [0.25, 0.3) is 10.0 Å². The van der Waals surface area contributed by atoms with Gasteiger partial charge in [0.15, 0.2) is 0 Å². The van der Waals surface area contributed by atoms with Gasteiger partial charge in [-0.15, -0.1) is 0 Å². The monoisotopic (exact) mass is 656 g/mol. The van der Waals surface area contributed by atoms with Gasteiger partial charge in [-0.2, -0.15) is 21.6 Å². The summed E-state index contributed by atoms with van der Waals surface area (Å²) in [4.78, 5) is 22.4. The lowest BCUT2D eigenvalue weighted by molar-refractivity contribution is -0.0501. The molecule has 0 amide bonds. The van der Waals surface area contributed by atoms with Crippen LogP contribution in [0, 0.1) is 12.7 Å². The highest BCUT2D eigenvalue weighted by Gasteiger charge is 2.49. The van der Waals surface area contributed by atoms with Gasteiger partial charge in [-0.05, 0) is 57.0 Å². The van der Waals surface area contributed by atoms with E-state index in [0.29, 0.717) is 12.6 Å². The molecule has 4 heterocycles. The van der Waals surface area contributed by atoms with Crippen LogP contribution in [0.2, 0.25) is 0 Å². The highest BCUT2D eigenvalue weighted by molar-refractivity contribution is 7.90. The van der Waals surface area contributed by atoms with Crippen LogP contribution in [0.3, 0.4) is 0 Å². The molecular weight excluding hydrogens is 632 g/mol. The maximum absolute atomic E-state index is 14.3. The van der Waals surface area contributed by atoms with Gasteiger partial charge in [-0.25, -0.2) is 31.5 Å². The summed E-state index contributed by atoms with van der Waals surface area (Å²) in [5.74, 6) is -2.61. The number of nitrogens with zero attached hydrogens (tertiary/aromatic N) is 4. The largest absolute Gasteiger partial charge is 0.534 e. The number of alkyl halides is 3. The molecular formula is C27H24F4N4O7S2. The number of hydrogen-bond acceptors (Lipinski definition) is 10. The number of hydrogen-bond donors (Lipinski definition) is 0. The molecule has 1 aromatic carbocycles. The standard InChI is InChI=1S/C27H24F4N4O7S2/c1-3-41-26(36)20-15-35(43(37,38)18-8-6-16(2)7-9-18)22-10-11-23(33-24(20)22)34-12-4-5-21(34)19-13-17(28)14-32-25(19)42-44(39,40)27(29,30)31/h6-11,13-15,21H,3-5,12H2,1-2H3/t21-/m1/s1. The maximum atomic E-state index is 14.3. The van der Waals surface area contributed by atoms with E-state index in [-0.39, 0.29) is 52.4 Å². The Hall–Kier alpha value is -4.25. The molecule has 1 atom stereocenters. The molecule has 11 nitrogen and oxygen atoms in total. The zero-order chi connectivity index (χ0) is 32.0. The fraction of sp³-hybridized carbons (Fsp3) is 0.296. The molecule has 1 aliphatic heterocycles. The van der Waals surface area contributed by atoms with E-state index in [4.69, 9.17) is 4.74 Å². The van der Waals surface area contributed by atoms with Gasteiger partial charge in [-0.1, -0.05) is 17.7 Å². The minimum absolute atomic E-state index is 0.0136. The number of aromatic nitrogens is 3. The molecule has 0 bridgehead atoms. The Bertz CT molecular complexity index is 1960. The second-order valence-electron chi connectivity index (χ2n) is 9.80. The molecule has 44 heavy (non-hydrogen) atoms. The number of halogens is 4. The summed E-state index contributed by atoms with van der Waals surface area (Å²) in [7, 11) is -10.3. The number of aryl methyl sites for hydroxylation is 1. The highest BCUT2D eigenvalue weighted by Crippen LogP contribution is 2.41. The van der Waals surface area contributed by atoms with Crippen molar-refractivity contribution in [3.05, 3.63) is 77.4 Å². The van der Waals surface area contributed by atoms with Crippen molar-refractivity contribution in [1.29, 1.82) is 0 Å². The average Bonchev–Trinajstić information content (AvgIpc) is 3.59. The molecule has 0 unspecified atom stereocenters. The first kappa shape index (κ1) is 31.2. The number of rotatable bonds is 8. The predicted octanol–water partition coefficient (Wildman–Crippen LogP) is 4.86. The van der Waals surface area contributed by atoms with Gasteiger partial charge in [0.2, 0.25) is 5.88 Å². The van der Waals surface area contributed by atoms with E-state index >= 15 is 0 Å². The Labute approximate surface area is 249 Å². The average molecular weight is 657 g/mol. The third-order valence-electron chi connectivity index (χ3n) is 6.89. The van der Waals surface area contributed by atoms with Crippen LogP contribution in [0.5, 0.6) is 5.88 Å². The van der Waals surface area contributed by atoms with Crippen LogP contribution in [0.25, 0.3) is 11.0 Å². The topological polar surface area (TPSA) is 138 Å². The third-order valence-corrected chi connectivity index (χ3v) is 9.53. The Morgan fingerprint density at radius 1 is 1.09 bits per heavy atom. The van der Waals surface area contributed by atoms with Gasteiger partial charge in [0.05, 0.1) is 29.3 Å². The maximum Gasteiger partial charge on any atom is 0.534 e. The lowest BCUT2D eigenvalue weighted by Gasteiger charge is -2.27. The normalized spacial score (nSPS) is 16.0. The summed E-state index contributed by atoms with van der Waals surface area (Å²) >= 11 is 0. The number of anilines is 1. The van der Waals surface area contributed by atoms with Crippen molar-refractivity contribution in [1.82, 2.24) is 13.9 Å². The summed E-state index contributed by atoms with van der Waals surface area (Å²) < 4.78 is 114. The van der Waals surface area contributed by atoms with Gasteiger partial charge in [0.1, 0.15) is 22.7 Å². The molecule has 0 saturated carbocycles. The molecule has 5 rings (SSSR count). The van der Waals surface area contributed by atoms with Crippen molar-refractivity contribution in [2.45, 2.75) is 43.1 Å². The fourth-order valence-electron chi connectivity index (χ4n) is 4.87. The first-order valence-electron chi connectivity index (χ1n) is 13.1. The van der Waals surface area contributed by atoms with Crippen LogP contribution in [0.1, 0.15) is 47.3 Å². The Morgan fingerprint density at radius 3 is 2.45 bits per heavy atom. The van der Waals surface area contributed by atoms with E-state index in [1.807, 2.05) is 0 Å². The highest BCUT2D eigenvalue weighted by atomic mass is 32.2. The zero-order valence-electron chi connectivity index (χ0n) is 23.1. The SMILES string of the molecule is CCOC(=O)c1cn(S(=O)(=O)c2ccc(C)cc2)c2ccc(N3CCC[C@@H]3c3cc(F)cnc3OS(=O)(=O)C(F)(F)F)nc12. The summed E-state index contributed by atoms with van der Waals surface area (Å²) in [6.45, 7) is 3.59. The molecule has 1 aliphatic rings. The first-order valence-corrected chi connectivity index (χ1v) is 15.9. The van der Waals surface area contributed by atoms with Crippen LogP contribution in [-0.4, -0.2) is 55.4 Å². The lowest BCUT2D eigenvalue weighted by Crippen LogP contribution is -2.30. The summed E-state index contributed by atoms with van der Waals surface area (Å²) in [5, 5.41) is 0. The number of carbonyl (C=O) groups is 1. The lowest BCUT2D eigenvalue weighted by atomic mass is 10.1. The summed E-state index contributed by atoms with van der Waals surface area (Å²) in [5.41, 5.74) is -5.36. The van der Waals surface area contributed by atoms with E-state index in [9.17, 15) is 39.2 Å². The van der Waals surface area contributed by atoms with E-state index in [1.54, 1.807) is 30.9 Å². The minimum atomic E-state index is -6.11. The van der Waals surface area contributed by atoms with Crippen LogP contribution in [0.15, 0.2) is 59.8 Å². The minimum Gasteiger partial charge on any atom is -0.462 e. The van der Waals surface area contributed by atoms with E-state index in [0.717, 1.165) is 21.8 Å². The van der Waals surface area contributed by atoms with Gasteiger partial charge < -0.3 is 13.8 Å². The smallest absolute Gasteiger partial charge is 0.462 e. The molecule has 1 fully saturated rings. The van der Waals surface area contributed by atoms with Gasteiger partial charge in [0, 0.05) is 18.3 Å². The predicted molar refractivity (Wildman–Crippen MR) is 149 cm³/mol. The zero-order valence-corrected chi connectivity index (χ0v) is 24.7. The van der Waals surface area contributed by atoms with Crippen LogP contribution in [-0.2, 0) is 24.9 Å². The van der Waals surface area contributed by atoms with Crippen molar-refractivity contribution in [3.8, 4) is 5.88 Å². The Morgan fingerprint density at radius 2 is 1.80 bits per heavy atom. The molecule has 0 radical (unpaired) electrons. The van der Waals surface area contributed by atoms with Gasteiger partial charge in [-0.3, -0.25) is 0 Å². The van der Waals surface area contributed by atoms with E-state index in [2.05, 4.69) is 14.2 Å². The summed E-state index contributed by atoms with van der Waals surface area (Å²) in [6, 6.07) is 8.79. The van der Waals surface area contributed by atoms with E-state index < -0.39 is 49.4 Å². The fourth-order valence-corrected chi connectivity index (χ4v) is 6.67. The molecule has 0 N–H and O–H groups in total. The quantitative estimate of drug-likeness (QED) is 0.112. The Kier molecular flexibility index (Phi) is 8.04. The number of fused-ring (bicyclic) bond motifs is 1. The molecule has 1 saturated heterocycles. The molecule has 4 aromatic rings. The van der Waals surface area contributed by atoms with Crippen molar-refractivity contribution in [3.63, 3.8) is 0 Å². The first-order chi connectivity index (χ1) is 20.6. The Balaban J connectivity index is 1.61. The number of benzene rings is 1. The molecule has 3 aromatic heterocycles. The van der Waals surface area contributed by atoms with Crippen molar-refractivity contribution in [2.24, 2.45) is 0 Å². The molecule has 234 valence electrons. The number of ether oxygens (including phenoxy) is 1. The molecule has 0 spiro atoms.